The monoisotopic (exact) mass is 269 g/mol. The van der Waals surface area contributed by atoms with Crippen molar-refractivity contribution in [2.75, 3.05) is 13.1 Å². The lowest BCUT2D eigenvalue weighted by molar-refractivity contribution is -0.121. The van der Waals surface area contributed by atoms with E-state index in [-0.39, 0.29) is 5.60 Å². The molecule has 3 atom stereocenters. The highest BCUT2D eigenvalue weighted by Gasteiger charge is 2.35. The van der Waals surface area contributed by atoms with Crippen molar-refractivity contribution in [1.82, 2.24) is 5.32 Å². The lowest BCUT2D eigenvalue weighted by atomic mass is 9.75. The molecule has 0 radical (unpaired) electrons. The molecule has 0 aliphatic heterocycles. The quantitative estimate of drug-likeness (QED) is 0.698. The van der Waals surface area contributed by atoms with E-state index in [9.17, 15) is 0 Å². The normalized spacial score (nSPS) is 28.9. The molecule has 0 heterocycles. The smallest absolute Gasteiger partial charge is 0.0754 e. The largest absolute Gasteiger partial charge is 0.371 e. The summed E-state index contributed by atoms with van der Waals surface area (Å²) in [5, 5.41) is 3.50. The van der Waals surface area contributed by atoms with E-state index in [0.717, 1.165) is 30.8 Å². The second-order valence-electron chi connectivity index (χ2n) is 7.42. The van der Waals surface area contributed by atoms with E-state index in [2.05, 4.69) is 46.9 Å². The lowest BCUT2D eigenvalue weighted by Crippen LogP contribution is -2.45. The van der Waals surface area contributed by atoms with E-state index in [0.29, 0.717) is 6.10 Å². The molecule has 3 unspecified atom stereocenters. The molecule has 0 aromatic heterocycles. The van der Waals surface area contributed by atoms with Crippen molar-refractivity contribution in [3.8, 4) is 0 Å². The number of ether oxygens (including phenoxy) is 1. The first-order chi connectivity index (χ1) is 8.85. The first-order valence-corrected chi connectivity index (χ1v) is 8.24. The topological polar surface area (TPSA) is 21.3 Å². The summed E-state index contributed by atoms with van der Waals surface area (Å²) in [6, 6.07) is 0. The van der Waals surface area contributed by atoms with Crippen molar-refractivity contribution in [2.24, 2.45) is 17.8 Å². The van der Waals surface area contributed by atoms with Crippen LogP contribution in [0.5, 0.6) is 0 Å². The standard InChI is InChI=1S/C17H35NO/c1-7-10-18-12-17(5,6)19-16-11-14(4)8-9-15(16)13(2)3/h13-16,18H,7-12H2,1-6H3. The van der Waals surface area contributed by atoms with E-state index in [1.807, 2.05) is 0 Å². The maximum absolute atomic E-state index is 6.51. The average Bonchev–Trinajstić information content (AvgIpc) is 2.28. The lowest BCUT2D eigenvalue weighted by Gasteiger charge is -2.41. The minimum absolute atomic E-state index is 0.0516. The Labute approximate surface area is 120 Å². The van der Waals surface area contributed by atoms with Gasteiger partial charge in [0.1, 0.15) is 0 Å². The number of rotatable bonds is 7. The summed E-state index contributed by atoms with van der Waals surface area (Å²) >= 11 is 0. The summed E-state index contributed by atoms with van der Waals surface area (Å²) in [6.45, 7) is 15.8. The average molecular weight is 269 g/mol. The van der Waals surface area contributed by atoms with Gasteiger partial charge in [-0.15, -0.1) is 0 Å². The van der Waals surface area contributed by atoms with Gasteiger partial charge in [-0.25, -0.2) is 0 Å². The fourth-order valence-electron chi connectivity index (χ4n) is 3.27. The van der Waals surface area contributed by atoms with Crippen molar-refractivity contribution in [2.45, 2.75) is 78.9 Å². The second kappa shape index (κ2) is 7.64. The van der Waals surface area contributed by atoms with Crippen LogP contribution in [-0.2, 0) is 4.74 Å². The zero-order valence-corrected chi connectivity index (χ0v) is 14.0. The summed E-state index contributed by atoms with van der Waals surface area (Å²) in [4.78, 5) is 0. The molecule has 0 spiro atoms. The summed E-state index contributed by atoms with van der Waals surface area (Å²) in [5.41, 5.74) is -0.0516. The Hall–Kier alpha value is -0.0800. The Bertz CT molecular complexity index is 250. The van der Waals surface area contributed by atoms with Gasteiger partial charge in [-0.05, 0) is 57.4 Å². The molecule has 0 saturated heterocycles. The van der Waals surface area contributed by atoms with Crippen molar-refractivity contribution in [3.63, 3.8) is 0 Å². The SMILES string of the molecule is CCCNCC(C)(C)OC1CC(C)CCC1C(C)C. The predicted octanol–water partition coefficient (Wildman–Crippen LogP) is 4.24. The Balaban J connectivity index is 2.54. The molecule has 0 aromatic carbocycles. The molecular weight excluding hydrogens is 234 g/mol. The summed E-state index contributed by atoms with van der Waals surface area (Å²) < 4.78 is 6.51. The van der Waals surface area contributed by atoms with Crippen LogP contribution in [-0.4, -0.2) is 24.8 Å². The van der Waals surface area contributed by atoms with Crippen LogP contribution in [0.1, 0.15) is 67.2 Å². The van der Waals surface area contributed by atoms with Gasteiger partial charge < -0.3 is 10.1 Å². The van der Waals surface area contributed by atoms with Gasteiger partial charge in [0, 0.05) is 6.54 Å². The molecule has 1 aliphatic carbocycles. The minimum atomic E-state index is -0.0516. The molecular formula is C17H35NO. The number of hydrogen-bond donors (Lipinski definition) is 1. The van der Waals surface area contributed by atoms with Gasteiger partial charge >= 0.3 is 0 Å². The molecule has 114 valence electrons. The maximum Gasteiger partial charge on any atom is 0.0754 e. The molecule has 2 nitrogen and oxygen atoms in total. The van der Waals surface area contributed by atoms with Crippen molar-refractivity contribution in [3.05, 3.63) is 0 Å². The van der Waals surface area contributed by atoms with E-state index < -0.39 is 0 Å². The molecule has 1 saturated carbocycles. The molecule has 1 fully saturated rings. The molecule has 2 heteroatoms. The predicted molar refractivity (Wildman–Crippen MR) is 83.5 cm³/mol. The molecule has 1 N–H and O–H groups in total. The highest BCUT2D eigenvalue weighted by atomic mass is 16.5. The summed E-state index contributed by atoms with van der Waals surface area (Å²) in [7, 11) is 0. The zero-order valence-electron chi connectivity index (χ0n) is 14.0. The van der Waals surface area contributed by atoms with Gasteiger partial charge in [-0.2, -0.15) is 0 Å². The molecule has 0 aromatic rings. The van der Waals surface area contributed by atoms with Crippen LogP contribution in [0.4, 0.5) is 0 Å². The summed E-state index contributed by atoms with van der Waals surface area (Å²) in [5.74, 6) is 2.29. The van der Waals surface area contributed by atoms with Gasteiger partial charge in [0.25, 0.3) is 0 Å². The first-order valence-electron chi connectivity index (χ1n) is 8.24. The van der Waals surface area contributed by atoms with Crippen molar-refractivity contribution in [1.29, 1.82) is 0 Å². The highest BCUT2D eigenvalue weighted by Crippen LogP contribution is 2.37. The third-order valence-electron chi connectivity index (χ3n) is 4.41. The fraction of sp³-hybridized carbons (Fsp3) is 1.00. The Morgan fingerprint density at radius 1 is 1.26 bits per heavy atom. The van der Waals surface area contributed by atoms with E-state index in [4.69, 9.17) is 4.74 Å². The van der Waals surface area contributed by atoms with Crippen LogP contribution in [0.25, 0.3) is 0 Å². The number of hydrogen-bond acceptors (Lipinski definition) is 2. The van der Waals surface area contributed by atoms with Gasteiger partial charge in [0.15, 0.2) is 0 Å². The zero-order chi connectivity index (χ0) is 14.5. The van der Waals surface area contributed by atoms with E-state index >= 15 is 0 Å². The number of nitrogens with one attached hydrogen (secondary N) is 1. The van der Waals surface area contributed by atoms with Crippen LogP contribution >= 0.6 is 0 Å². The fourth-order valence-corrected chi connectivity index (χ4v) is 3.27. The molecule has 1 rings (SSSR count). The molecule has 0 amide bonds. The second-order valence-corrected chi connectivity index (χ2v) is 7.42. The Morgan fingerprint density at radius 3 is 2.53 bits per heavy atom. The van der Waals surface area contributed by atoms with Crippen molar-refractivity contribution >= 4 is 0 Å². The highest BCUT2D eigenvalue weighted by molar-refractivity contribution is 4.84. The third kappa shape index (κ3) is 5.83. The van der Waals surface area contributed by atoms with Crippen LogP contribution in [0.3, 0.4) is 0 Å². The minimum Gasteiger partial charge on any atom is -0.371 e. The molecule has 1 aliphatic rings. The van der Waals surface area contributed by atoms with Gasteiger partial charge in [-0.3, -0.25) is 0 Å². The van der Waals surface area contributed by atoms with Crippen LogP contribution in [0, 0.1) is 17.8 Å². The van der Waals surface area contributed by atoms with E-state index in [1.165, 1.54) is 25.7 Å². The van der Waals surface area contributed by atoms with Gasteiger partial charge in [0.05, 0.1) is 11.7 Å². The molecule has 19 heavy (non-hydrogen) atoms. The molecule has 0 bridgehead atoms. The summed E-state index contributed by atoms with van der Waals surface area (Å²) in [6.07, 6.45) is 5.58. The Morgan fingerprint density at radius 2 is 1.95 bits per heavy atom. The van der Waals surface area contributed by atoms with Crippen LogP contribution < -0.4 is 5.32 Å². The third-order valence-corrected chi connectivity index (χ3v) is 4.41. The van der Waals surface area contributed by atoms with Crippen LogP contribution in [0.15, 0.2) is 0 Å². The maximum atomic E-state index is 6.51. The van der Waals surface area contributed by atoms with Crippen LogP contribution in [0.2, 0.25) is 0 Å². The van der Waals surface area contributed by atoms with E-state index in [1.54, 1.807) is 0 Å². The Kier molecular flexibility index (Phi) is 6.82. The van der Waals surface area contributed by atoms with Gasteiger partial charge in [0.2, 0.25) is 0 Å². The van der Waals surface area contributed by atoms with Crippen molar-refractivity contribution < 1.29 is 4.74 Å². The first kappa shape index (κ1) is 17.0. The van der Waals surface area contributed by atoms with Gasteiger partial charge in [-0.1, -0.05) is 34.1 Å².